The minimum absolute atomic E-state index is 0.260. The van der Waals surface area contributed by atoms with Crippen molar-refractivity contribution in [3.05, 3.63) is 36.2 Å². The van der Waals surface area contributed by atoms with Crippen LogP contribution in [0, 0.1) is 0 Å². The highest BCUT2D eigenvalue weighted by molar-refractivity contribution is 7.89. The SMILES string of the molecule is CN(C)S(=O)(=O)c1cccc(NCc2cnnn2C)c1. The Hall–Kier alpha value is -1.93. The summed E-state index contributed by atoms with van der Waals surface area (Å²) in [5.74, 6) is 0. The second-order valence-corrected chi connectivity index (χ2v) is 6.67. The molecule has 7 nitrogen and oxygen atoms in total. The van der Waals surface area contributed by atoms with E-state index in [1.807, 2.05) is 6.07 Å². The summed E-state index contributed by atoms with van der Waals surface area (Å²) in [6.07, 6.45) is 1.66. The fourth-order valence-electron chi connectivity index (χ4n) is 1.64. The van der Waals surface area contributed by atoms with Crippen LogP contribution in [0.3, 0.4) is 0 Å². The number of aryl methyl sites for hydroxylation is 1. The Morgan fingerprint density at radius 1 is 1.35 bits per heavy atom. The lowest BCUT2D eigenvalue weighted by Crippen LogP contribution is -2.22. The van der Waals surface area contributed by atoms with Gasteiger partial charge in [-0.05, 0) is 18.2 Å². The van der Waals surface area contributed by atoms with Crippen LogP contribution in [0.1, 0.15) is 5.69 Å². The lowest BCUT2D eigenvalue weighted by Gasteiger charge is -2.13. The molecule has 1 N–H and O–H groups in total. The van der Waals surface area contributed by atoms with Gasteiger partial charge < -0.3 is 5.32 Å². The van der Waals surface area contributed by atoms with Gasteiger partial charge in [-0.1, -0.05) is 11.3 Å². The maximum atomic E-state index is 12.0. The van der Waals surface area contributed by atoms with E-state index in [-0.39, 0.29) is 4.90 Å². The van der Waals surface area contributed by atoms with Crippen molar-refractivity contribution in [2.24, 2.45) is 7.05 Å². The Kier molecular flexibility index (Phi) is 4.05. The van der Waals surface area contributed by atoms with Gasteiger partial charge in [-0.25, -0.2) is 12.7 Å². The van der Waals surface area contributed by atoms with Gasteiger partial charge in [-0.3, -0.25) is 4.68 Å². The molecule has 1 aromatic heterocycles. The van der Waals surface area contributed by atoms with E-state index in [9.17, 15) is 8.42 Å². The summed E-state index contributed by atoms with van der Waals surface area (Å²) in [6, 6.07) is 6.71. The van der Waals surface area contributed by atoms with Crippen LogP contribution < -0.4 is 5.32 Å². The second kappa shape index (κ2) is 5.59. The number of aromatic nitrogens is 3. The highest BCUT2D eigenvalue weighted by Crippen LogP contribution is 2.18. The van der Waals surface area contributed by atoms with Crippen LogP contribution in [0.25, 0.3) is 0 Å². The van der Waals surface area contributed by atoms with E-state index in [0.717, 1.165) is 11.4 Å². The van der Waals surface area contributed by atoms with Crippen molar-refractivity contribution in [3.63, 3.8) is 0 Å². The van der Waals surface area contributed by atoms with Crippen molar-refractivity contribution in [2.45, 2.75) is 11.4 Å². The van der Waals surface area contributed by atoms with E-state index in [1.165, 1.54) is 18.4 Å². The monoisotopic (exact) mass is 295 g/mol. The number of benzene rings is 1. The first-order valence-electron chi connectivity index (χ1n) is 6.01. The molecule has 0 atom stereocenters. The number of anilines is 1. The van der Waals surface area contributed by atoms with Gasteiger partial charge in [0.1, 0.15) is 0 Å². The Balaban J connectivity index is 2.17. The average molecular weight is 295 g/mol. The highest BCUT2D eigenvalue weighted by atomic mass is 32.2. The predicted octanol–water partition coefficient (Wildman–Crippen LogP) is 0.677. The normalized spacial score (nSPS) is 11.8. The predicted molar refractivity (Wildman–Crippen MR) is 75.6 cm³/mol. The molecule has 0 aliphatic carbocycles. The van der Waals surface area contributed by atoms with Crippen molar-refractivity contribution < 1.29 is 8.42 Å². The van der Waals surface area contributed by atoms with E-state index in [0.29, 0.717) is 6.54 Å². The summed E-state index contributed by atoms with van der Waals surface area (Å²) < 4.78 is 26.9. The van der Waals surface area contributed by atoms with Crippen molar-refractivity contribution in [1.29, 1.82) is 0 Å². The molecule has 1 aromatic carbocycles. The number of hydrogen-bond acceptors (Lipinski definition) is 5. The van der Waals surface area contributed by atoms with Gasteiger partial charge in [-0.15, -0.1) is 5.10 Å². The molecule has 0 aliphatic rings. The van der Waals surface area contributed by atoms with Crippen LogP contribution in [0.15, 0.2) is 35.4 Å². The molecular weight excluding hydrogens is 278 g/mol. The third-order valence-electron chi connectivity index (χ3n) is 2.89. The van der Waals surface area contributed by atoms with Crippen LogP contribution >= 0.6 is 0 Å². The quantitative estimate of drug-likeness (QED) is 0.877. The van der Waals surface area contributed by atoms with Gasteiger partial charge in [0.05, 0.1) is 23.3 Å². The number of rotatable bonds is 5. The average Bonchev–Trinajstić information content (AvgIpc) is 2.82. The van der Waals surface area contributed by atoms with E-state index in [1.54, 1.807) is 36.1 Å². The van der Waals surface area contributed by atoms with Gasteiger partial charge in [-0.2, -0.15) is 0 Å². The number of hydrogen-bond donors (Lipinski definition) is 1. The molecule has 0 amide bonds. The summed E-state index contributed by atoms with van der Waals surface area (Å²) in [6.45, 7) is 0.523. The first-order chi connectivity index (χ1) is 9.41. The van der Waals surface area contributed by atoms with Crippen molar-refractivity contribution in [1.82, 2.24) is 19.3 Å². The van der Waals surface area contributed by atoms with E-state index in [4.69, 9.17) is 0 Å². The fraction of sp³-hybridized carbons (Fsp3) is 0.333. The van der Waals surface area contributed by atoms with Gasteiger partial charge >= 0.3 is 0 Å². The topological polar surface area (TPSA) is 80.1 Å². The molecule has 0 fully saturated rings. The van der Waals surface area contributed by atoms with Gasteiger partial charge in [0.15, 0.2) is 0 Å². The van der Waals surface area contributed by atoms with E-state index < -0.39 is 10.0 Å². The van der Waals surface area contributed by atoms with Crippen LogP contribution in [0.2, 0.25) is 0 Å². The zero-order valence-electron chi connectivity index (χ0n) is 11.6. The van der Waals surface area contributed by atoms with E-state index >= 15 is 0 Å². The second-order valence-electron chi connectivity index (χ2n) is 4.52. The van der Waals surface area contributed by atoms with Crippen molar-refractivity contribution >= 4 is 15.7 Å². The molecule has 0 radical (unpaired) electrons. The Morgan fingerprint density at radius 2 is 2.10 bits per heavy atom. The summed E-state index contributed by atoms with van der Waals surface area (Å²) in [5.41, 5.74) is 1.64. The standard InChI is InChI=1S/C12H17N5O2S/c1-16(2)20(18,19)12-6-4-5-10(7-12)13-8-11-9-14-15-17(11)3/h4-7,9,13H,8H2,1-3H3. The minimum Gasteiger partial charge on any atom is -0.379 e. The number of nitrogens with zero attached hydrogens (tertiary/aromatic N) is 4. The van der Waals surface area contributed by atoms with Gasteiger partial charge in [0.2, 0.25) is 10.0 Å². The zero-order valence-corrected chi connectivity index (χ0v) is 12.4. The first kappa shape index (κ1) is 14.5. The summed E-state index contributed by atoms with van der Waals surface area (Å²) >= 11 is 0. The molecule has 0 bridgehead atoms. The fourth-order valence-corrected chi connectivity index (χ4v) is 2.59. The Bertz CT molecular complexity index is 693. The lowest BCUT2D eigenvalue weighted by atomic mass is 10.3. The van der Waals surface area contributed by atoms with Crippen LogP contribution in [0.4, 0.5) is 5.69 Å². The molecule has 0 aliphatic heterocycles. The highest BCUT2D eigenvalue weighted by Gasteiger charge is 2.17. The van der Waals surface area contributed by atoms with Crippen LogP contribution in [0.5, 0.6) is 0 Å². The number of nitrogens with one attached hydrogen (secondary N) is 1. The molecule has 20 heavy (non-hydrogen) atoms. The molecule has 108 valence electrons. The molecular formula is C12H17N5O2S. The molecule has 2 rings (SSSR count). The van der Waals surface area contributed by atoms with Gasteiger partial charge in [0.25, 0.3) is 0 Å². The van der Waals surface area contributed by atoms with Crippen LogP contribution in [-0.4, -0.2) is 41.8 Å². The van der Waals surface area contributed by atoms with Crippen LogP contribution in [-0.2, 0) is 23.6 Å². The summed E-state index contributed by atoms with van der Waals surface area (Å²) in [4.78, 5) is 0.260. The molecule has 0 unspecified atom stereocenters. The molecule has 0 spiro atoms. The lowest BCUT2D eigenvalue weighted by molar-refractivity contribution is 0.521. The summed E-state index contributed by atoms with van der Waals surface area (Å²) in [7, 11) is 1.41. The maximum Gasteiger partial charge on any atom is 0.242 e. The maximum absolute atomic E-state index is 12.0. The van der Waals surface area contributed by atoms with E-state index in [2.05, 4.69) is 15.6 Å². The Morgan fingerprint density at radius 3 is 2.70 bits per heavy atom. The van der Waals surface area contributed by atoms with Crippen molar-refractivity contribution in [2.75, 3.05) is 19.4 Å². The first-order valence-corrected chi connectivity index (χ1v) is 7.45. The minimum atomic E-state index is -3.42. The smallest absolute Gasteiger partial charge is 0.242 e. The molecule has 0 saturated carbocycles. The third-order valence-corrected chi connectivity index (χ3v) is 4.71. The number of sulfonamides is 1. The third kappa shape index (κ3) is 2.97. The molecule has 8 heteroatoms. The summed E-state index contributed by atoms with van der Waals surface area (Å²) in [5, 5.41) is 10.8. The molecule has 1 heterocycles. The molecule has 2 aromatic rings. The van der Waals surface area contributed by atoms with Crippen molar-refractivity contribution in [3.8, 4) is 0 Å². The molecule has 0 saturated heterocycles. The Labute approximate surface area is 118 Å². The van der Waals surface area contributed by atoms with Gasteiger partial charge in [0, 0.05) is 26.8 Å². The zero-order chi connectivity index (χ0) is 14.8. The largest absolute Gasteiger partial charge is 0.379 e.